The van der Waals surface area contributed by atoms with E-state index in [1.165, 1.54) is 0 Å². The molecule has 7 rings (SSSR count). The van der Waals surface area contributed by atoms with E-state index in [9.17, 15) is 9.59 Å². The van der Waals surface area contributed by atoms with Crippen LogP contribution in [-0.4, -0.2) is 61.2 Å². The molecular weight excluding hydrogens is 552 g/mol. The number of carbonyl (C=O) groups is 1. The molecule has 0 aliphatic carbocycles. The predicted molar refractivity (Wildman–Crippen MR) is 171 cm³/mol. The highest BCUT2D eigenvalue weighted by atomic mass is 16.5. The molecule has 6 aromatic rings. The minimum atomic E-state index is -0.127. The van der Waals surface area contributed by atoms with Gasteiger partial charge in [-0.15, -0.1) is 0 Å². The molecule has 1 fully saturated rings. The largest absolute Gasteiger partial charge is 0.378 e. The summed E-state index contributed by atoms with van der Waals surface area (Å²) in [5, 5.41) is 0. The van der Waals surface area contributed by atoms with Crippen LogP contribution in [0.5, 0.6) is 0 Å². The first-order valence-electron chi connectivity index (χ1n) is 14.8. The van der Waals surface area contributed by atoms with Crippen molar-refractivity contribution < 1.29 is 9.53 Å². The maximum absolute atomic E-state index is 13.6. The molecule has 1 amide bonds. The quantitative estimate of drug-likeness (QED) is 0.276. The number of ether oxygens (including phenoxy) is 1. The summed E-state index contributed by atoms with van der Waals surface area (Å²) in [6.45, 7) is 6.47. The molecule has 1 saturated heterocycles. The lowest BCUT2D eigenvalue weighted by atomic mass is 9.96. The average molecular weight is 585 g/mol. The zero-order valence-corrected chi connectivity index (χ0v) is 24.7. The summed E-state index contributed by atoms with van der Waals surface area (Å²) in [5.41, 5.74) is 8.56. The number of pyridine rings is 1. The maximum atomic E-state index is 13.6. The van der Waals surface area contributed by atoms with Crippen LogP contribution in [0.4, 0.5) is 0 Å². The van der Waals surface area contributed by atoms with Gasteiger partial charge in [-0.05, 0) is 60.9 Å². The Hall–Kier alpha value is -5.28. The minimum absolute atomic E-state index is 0.00806. The van der Waals surface area contributed by atoms with Crippen molar-refractivity contribution in [2.45, 2.75) is 20.3 Å². The molecule has 0 spiro atoms. The molecule has 44 heavy (non-hydrogen) atoms. The summed E-state index contributed by atoms with van der Waals surface area (Å²) in [6, 6.07) is 23.4. The van der Waals surface area contributed by atoms with Gasteiger partial charge in [-0.25, -0.2) is 14.8 Å². The number of aromatic nitrogens is 5. The summed E-state index contributed by atoms with van der Waals surface area (Å²) in [6.07, 6.45) is 6.12. The molecule has 4 heterocycles. The van der Waals surface area contributed by atoms with Gasteiger partial charge in [0.2, 0.25) is 0 Å². The molecule has 220 valence electrons. The summed E-state index contributed by atoms with van der Waals surface area (Å²) in [7, 11) is 0. The van der Waals surface area contributed by atoms with Crippen molar-refractivity contribution in [1.29, 1.82) is 0 Å². The van der Waals surface area contributed by atoms with E-state index in [2.05, 4.69) is 23.0 Å². The number of aromatic amines is 1. The van der Waals surface area contributed by atoms with Gasteiger partial charge in [-0.1, -0.05) is 48.9 Å². The van der Waals surface area contributed by atoms with Gasteiger partial charge in [0.05, 0.1) is 24.6 Å². The van der Waals surface area contributed by atoms with Gasteiger partial charge in [0.15, 0.2) is 5.65 Å². The Morgan fingerprint density at radius 2 is 1.66 bits per heavy atom. The first-order valence-corrected chi connectivity index (χ1v) is 14.8. The van der Waals surface area contributed by atoms with Gasteiger partial charge < -0.3 is 14.6 Å². The van der Waals surface area contributed by atoms with E-state index in [0.717, 1.165) is 44.7 Å². The van der Waals surface area contributed by atoms with Gasteiger partial charge in [0.25, 0.3) is 5.91 Å². The molecule has 0 bridgehead atoms. The van der Waals surface area contributed by atoms with Gasteiger partial charge >= 0.3 is 5.69 Å². The van der Waals surface area contributed by atoms with E-state index >= 15 is 0 Å². The molecule has 3 aromatic heterocycles. The number of imidazole rings is 2. The number of nitrogens with one attached hydrogen (secondary N) is 1. The molecule has 1 aliphatic rings. The van der Waals surface area contributed by atoms with E-state index in [-0.39, 0.29) is 11.6 Å². The highest BCUT2D eigenvalue weighted by molar-refractivity contribution is 5.95. The molecule has 9 nitrogen and oxygen atoms in total. The van der Waals surface area contributed by atoms with Crippen molar-refractivity contribution in [1.82, 2.24) is 29.0 Å². The zero-order valence-electron chi connectivity index (χ0n) is 24.7. The fourth-order valence-electron chi connectivity index (χ4n) is 5.87. The lowest BCUT2D eigenvalue weighted by molar-refractivity contribution is 0.0303. The summed E-state index contributed by atoms with van der Waals surface area (Å²) < 4.78 is 8.74. The normalized spacial score (nSPS) is 13.5. The Labute approximate surface area is 254 Å². The van der Waals surface area contributed by atoms with Crippen LogP contribution in [0.3, 0.4) is 0 Å². The molecule has 0 unspecified atom stereocenters. The van der Waals surface area contributed by atoms with E-state index < -0.39 is 0 Å². The van der Waals surface area contributed by atoms with Crippen molar-refractivity contribution in [2.75, 3.05) is 26.3 Å². The van der Waals surface area contributed by atoms with E-state index in [0.29, 0.717) is 49.8 Å². The number of hydrogen-bond donors (Lipinski definition) is 1. The highest BCUT2D eigenvalue weighted by Crippen LogP contribution is 2.33. The number of nitrogens with zero attached hydrogens (tertiary/aromatic N) is 5. The highest BCUT2D eigenvalue weighted by Gasteiger charge is 2.20. The molecule has 3 aromatic carbocycles. The fourth-order valence-corrected chi connectivity index (χ4v) is 5.87. The molecule has 0 atom stereocenters. The van der Waals surface area contributed by atoms with Crippen LogP contribution in [0.1, 0.15) is 28.4 Å². The third kappa shape index (κ3) is 4.91. The Morgan fingerprint density at radius 1 is 0.909 bits per heavy atom. The van der Waals surface area contributed by atoms with Crippen molar-refractivity contribution >= 4 is 17.1 Å². The van der Waals surface area contributed by atoms with Crippen molar-refractivity contribution in [3.63, 3.8) is 0 Å². The lowest BCUT2D eigenvalue weighted by Gasteiger charge is -2.26. The smallest absolute Gasteiger partial charge is 0.337 e. The van der Waals surface area contributed by atoms with Crippen LogP contribution < -0.4 is 5.69 Å². The SMILES string of the molecule is CCc1c(-c2ccnc3[nH]c(-c4ccc(C(=O)N5CCOCC5)cc4)nc23)cccc1-n1ccn(-c2ccc(C)cc2)c1=O. The fraction of sp³-hybridized carbons (Fsp3) is 0.200. The zero-order chi connectivity index (χ0) is 30.2. The standard InChI is InChI=1S/C35H32N6O3/c1-3-27-28(5-4-6-30(27)41-18-17-40(35(41)43)26-13-7-23(2)8-14-26)29-15-16-36-33-31(29)37-32(38-33)24-9-11-25(12-10-24)34(42)39-19-21-44-22-20-39/h4-18H,3,19-22H2,1-2H3,(H,36,37,38). The monoisotopic (exact) mass is 584 g/mol. The molecule has 0 radical (unpaired) electrons. The first-order chi connectivity index (χ1) is 21.5. The Balaban J connectivity index is 1.24. The van der Waals surface area contributed by atoms with Crippen LogP contribution in [0, 0.1) is 6.92 Å². The number of benzene rings is 3. The number of carbonyl (C=O) groups excluding carboxylic acids is 1. The van der Waals surface area contributed by atoms with Crippen molar-refractivity contribution in [3.8, 4) is 33.9 Å². The number of amides is 1. The molecule has 9 heteroatoms. The number of morpholine rings is 1. The first kappa shape index (κ1) is 27.5. The van der Waals surface area contributed by atoms with Crippen LogP contribution in [0.15, 0.2) is 96.2 Å². The van der Waals surface area contributed by atoms with Gasteiger partial charge in [0, 0.05) is 48.4 Å². The number of hydrogen-bond acceptors (Lipinski definition) is 5. The average Bonchev–Trinajstić information content (AvgIpc) is 3.68. The van der Waals surface area contributed by atoms with Crippen LogP contribution in [0.2, 0.25) is 0 Å². The Bertz CT molecular complexity index is 2030. The lowest BCUT2D eigenvalue weighted by Crippen LogP contribution is -2.40. The number of rotatable bonds is 6. The summed E-state index contributed by atoms with van der Waals surface area (Å²) in [4.78, 5) is 41.2. The second kappa shape index (κ2) is 11.4. The second-order valence-electron chi connectivity index (χ2n) is 10.9. The summed E-state index contributed by atoms with van der Waals surface area (Å²) >= 11 is 0. The number of aryl methyl sites for hydroxylation is 1. The Morgan fingerprint density at radius 3 is 2.41 bits per heavy atom. The third-order valence-corrected chi connectivity index (χ3v) is 8.23. The minimum Gasteiger partial charge on any atom is -0.378 e. The van der Waals surface area contributed by atoms with E-state index in [1.54, 1.807) is 15.3 Å². The summed E-state index contributed by atoms with van der Waals surface area (Å²) in [5.74, 6) is 0.680. The third-order valence-electron chi connectivity index (χ3n) is 8.23. The van der Waals surface area contributed by atoms with Crippen LogP contribution in [0.25, 0.3) is 45.1 Å². The van der Waals surface area contributed by atoms with Crippen LogP contribution in [-0.2, 0) is 11.2 Å². The number of H-pyrrole nitrogens is 1. The van der Waals surface area contributed by atoms with Gasteiger partial charge in [-0.2, -0.15) is 0 Å². The van der Waals surface area contributed by atoms with Crippen molar-refractivity contribution in [2.24, 2.45) is 0 Å². The number of fused-ring (bicyclic) bond motifs is 1. The molecule has 1 N–H and O–H groups in total. The van der Waals surface area contributed by atoms with Crippen LogP contribution >= 0.6 is 0 Å². The van der Waals surface area contributed by atoms with E-state index in [1.807, 2.05) is 90.9 Å². The van der Waals surface area contributed by atoms with Crippen molar-refractivity contribution in [3.05, 3.63) is 119 Å². The molecule has 0 saturated carbocycles. The van der Waals surface area contributed by atoms with Gasteiger partial charge in [-0.3, -0.25) is 13.9 Å². The molecule has 1 aliphatic heterocycles. The topological polar surface area (TPSA) is 98.0 Å². The predicted octanol–water partition coefficient (Wildman–Crippen LogP) is 5.58. The maximum Gasteiger partial charge on any atom is 0.337 e. The van der Waals surface area contributed by atoms with Gasteiger partial charge in [0.1, 0.15) is 11.3 Å². The Kier molecular flexibility index (Phi) is 7.15. The second-order valence-corrected chi connectivity index (χ2v) is 10.9. The molecular formula is C35H32N6O3. The van der Waals surface area contributed by atoms with E-state index in [4.69, 9.17) is 9.72 Å².